The Morgan fingerprint density at radius 2 is 1.83 bits per heavy atom. The molecule has 2 rings (SSSR count). The van der Waals surface area contributed by atoms with E-state index >= 15 is 0 Å². The summed E-state index contributed by atoms with van der Waals surface area (Å²) in [6.45, 7) is -0.190. The number of halogens is 2. The predicted octanol–water partition coefficient (Wildman–Crippen LogP) is 4.24. The molecule has 0 heterocycles. The van der Waals surface area contributed by atoms with Crippen LogP contribution in [0.3, 0.4) is 0 Å². The average Bonchev–Trinajstić information content (AvgIpc) is 2.58. The van der Waals surface area contributed by atoms with E-state index in [9.17, 15) is 4.79 Å². The van der Waals surface area contributed by atoms with E-state index in [0.29, 0.717) is 27.8 Å². The third-order valence-corrected chi connectivity index (χ3v) is 3.90. The number of methoxy groups -OCH3 is 2. The van der Waals surface area contributed by atoms with E-state index in [2.05, 4.69) is 15.9 Å². The fourth-order valence-corrected chi connectivity index (χ4v) is 2.65. The van der Waals surface area contributed by atoms with Crippen molar-refractivity contribution in [2.45, 2.75) is 6.61 Å². The van der Waals surface area contributed by atoms with Crippen LogP contribution in [-0.4, -0.2) is 26.8 Å². The fourth-order valence-electron chi connectivity index (χ4n) is 1.92. The number of hydrogen-bond acceptors (Lipinski definition) is 5. The predicted molar refractivity (Wildman–Crippen MR) is 94.0 cm³/mol. The largest absolute Gasteiger partial charge is 0.497 e. The number of ether oxygens (including phenoxy) is 4. The molecule has 5 nitrogen and oxygen atoms in total. The Bertz CT molecular complexity index is 720. The lowest BCUT2D eigenvalue weighted by atomic mass is 10.2. The molecule has 7 heteroatoms. The van der Waals surface area contributed by atoms with Gasteiger partial charge in [-0.2, -0.15) is 0 Å². The molecule has 2 aromatic carbocycles. The Morgan fingerprint density at radius 3 is 2.50 bits per heavy atom. The first-order chi connectivity index (χ1) is 11.5. The van der Waals surface area contributed by atoms with Gasteiger partial charge in [-0.1, -0.05) is 27.5 Å². The maximum atomic E-state index is 11.9. The van der Waals surface area contributed by atoms with E-state index in [1.54, 1.807) is 50.6 Å². The highest BCUT2D eigenvalue weighted by molar-refractivity contribution is 9.10. The van der Waals surface area contributed by atoms with E-state index in [0.717, 1.165) is 4.47 Å². The number of hydrogen-bond donors (Lipinski definition) is 0. The lowest BCUT2D eigenvalue weighted by Gasteiger charge is -2.12. The molecule has 0 spiro atoms. The zero-order valence-corrected chi connectivity index (χ0v) is 15.5. The molecule has 0 saturated heterocycles. The van der Waals surface area contributed by atoms with Crippen LogP contribution in [-0.2, 0) is 16.1 Å². The summed E-state index contributed by atoms with van der Waals surface area (Å²) < 4.78 is 21.8. The lowest BCUT2D eigenvalue weighted by molar-refractivity contribution is -0.147. The van der Waals surface area contributed by atoms with E-state index in [1.807, 2.05) is 0 Å². The molecule has 2 aromatic rings. The van der Waals surface area contributed by atoms with Crippen LogP contribution in [0.2, 0.25) is 5.02 Å². The third kappa shape index (κ3) is 5.04. The van der Waals surface area contributed by atoms with Crippen molar-refractivity contribution in [2.24, 2.45) is 0 Å². The zero-order chi connectivity index (χ0) is 17.5. The Kier molecular flexibility index (Phi) is 6.75. The third-order valence-electron chi connectivity index (χ3n) is 3.12. The smallest absolute Gasteiger partial charge is 0.344 e. The quantitative estimate of drug-likeness (QED) is 0.633. The van der Waals surface area contributed by atoms with Gasteiger partial charge in [-0.05, 0) is 36.4 Å². The normalized spacial score (nSPS) is 10.2. The minimum atomic E-state index is -0.515. The molecular weight excluding hydrogens is 400 g/mol. The van der Waals surface area contributed by atoms with Crippen molar-refractivity contribution >= 4 is 33.5 Å². The molecule has 0 bridgehead atoms. The second kappa shape index (κ2) is 8.80. The summed E-state index contributed by atoms with van der Waals surface area (Å²) in [5.41, 5.74) is 0.701. The SMILES string of the molecule is COc1ccc(OC)c(COC(=O)COc2ccc(Br)cc2Cl)c1. The van der Waals surface area contributed by atoms with Gasteiger partial charge >= 0.3 is 5.97 Å². The van der Waals surface area contributed by atoms with Gasteiger partial charge in [0.25, 0.3) is 0 Å². The minimum absolute atomic E-state index is 0.0522. The first kappa shape index (κ1) is 18.4. The van der Waals surface area contributed by atoms with Gasteiger partial charge in [-0.15, -0.1) is 0 Å². The standard InChI is InChI=1S/C17H16BrClO5/c1-21-13-4-6-15(22-2)11(7-13)9-24-17(20)10-23-16-5-3-12(18)8-14(16)19/h3-8H,9-10H2,1-2H3. The van der Waals surface area contributed by atoms with E-state index in [1.165, 1.54) is 0 Å². The van der Waals surface area contributed by atoms with Crippen molar-refractivity contribution < 1.29 is 23.7 Å². The van der Waals surface area contributed by atoms with Gasteiger partial charge in [-0.3, -0.25) is 0 Å². The van der Waals surface area contributed by atoms with Crippen LogP contribution in [0, 0.1) is 0 Å². The topological polar surface area (TPSA) is 54.0 Å². The molecule has 0 amide bonds. The number of rotatable bonds is 7. The minimum Gasteiger partial charge on any atom is -0.497 e. The van der Waals surface area contributed by atoms with Crippen molar-refractivity contribution in [3.63, 3.8) is 0 Å². The maximum absolute atomic E-state index is 11.9. The molecule has 0 N–H and O–H groups in total. The lowest BCUT2D eigenvalue weighted by Crippen LogP contribution is -2.15. The van der Waals surface area contributed by atoms with Gasteiger partial charge in [0.2, 0.25) is 0 Å². The Balaban J connectivity index is 1.91. The monoisotopic (exact) mass is 414 g/mol. The highest BCUT2D eigenvalue weighted by atomic mass is 79.9. The maximum Gasteiger partial charge on any atom is 0.344 e. The second-order valence-corrected chi connectivity index (χ2v) is 6.02. The molecule has 0 unspecified atom stereocenters. The van der Waals surface area contributed by atoms with Crippen molar-refractivity contribution in [1.82, 2.24) is 0 Å². The molecule has 128 valence electrons. The zero-order valence-electron chi connectivity index (χ0n) is 13.2. The van der Waals surface area contributed by atoms with Crippen LogP contribution in [0.4, 0.5) is 0 Å². The number of benzene rings is 2. The van der Waals surface area contributed by atoms with Gasteiger partial charge in [0, 0.05) is 10.0 Å². The highest BCUT2D eigenvalue weighted by Crippen LogP contribution is 2.28. The summed E-state index contributed by atoms with van der Waals surface area (Å²) in [5, 5.41) is 0.409. The van der Waals surface area contributed by atoms with Crippen LogP contribution in [0.1, 0.15) is 5.56 Å². The summed E-state index contributed by atoms with van der Waals surface area (Å²) in [6, 6.07) is 10.4. The van der Waals surface area contributed by atoms with Crippen LogP contribution in [0.15, 0.2) is 40.9 Å². The summed E-state index contributed by atoms with van der Waals surface area (Å²) in [4.78, 5) is 11.9. The molecular formula is C17H16BrClO5. The van der Waals surface area contributed by atoms with Gasteiger partial charge in [0.15, 0.2) is 6.61 Å². The molecule has 24 heavy (non-hydrogen) atoms. The molecule has 0 radical (unpaired) electrons. The second-order valence-electron chi connectivity index (χ2n) is 4.70. The van der Waals surface area contributed by atoms with E-state index in [4.69, 9.17) is 30.5 Å². The fraction of sp³-hybridized carbons (Fsp3) is 0.235. The first-order valence-electron chi connectivity index (χ1n) is 6.98. The van der Waals surface area contributed by atoms with Gasteiger partial charge in [0.1, 0.15) is 23.9 Å². The van der Waals surface area contributed by atoms with Crippen LogP contribution in [0.5, 0.6) is 17.2 Å². The molecule has 0 aliphatic rings. The van der Waals surface area contributed by atoms with Crippen LogP contribution < -0.4 is 14.2 Å². The van der Waals surface area contributed by atoms with Crippen LogP contribution >= 0.6 is 27.5 Å². The van der Waals surface area contributed by atoms with Gasteiger partial charge in [-0.25, -0.2) is 4.79 Å². The Hall–Kier alpha value is -1.92. The average molecular weight is 416 g/mol. The highest BCUT2D eigenvalue weighted by Gasteiger charge is 2.11. The summed E-state index contributed by atoms with van der Waals surface area (Å²) >= 11 is 9.32. The number of esters is 1. The van der Waals surface area contributed by atoms with Crippen molar-refractivity contribution in [1.29, 1.82) is 0 Å². The van der Waals surface area contributed by atoms with E-state index < -0.39 is 5.97 Å². The van der Waals surface area contributed by atoms with Gasteiger partial charge in [0.05, 0.1) is 19.2 Å². The molecule has 0 aliphatic carbocycles. The Morgan fingerprint density at radius 1 is 1.08 bits per heavy atom. The number of carbonyl (C=O) groups is 1. The summed E-state index contributed by atoms with van der Waals surface area (Å²) in [6.07, 6.45) is 0. The summed E-state index contributed by atoms with van der Waals surface area (Å²) in [7, 11) is 3.11. The number of carbonyl (C=O) groups excluding carboxylic acids is 1. The summed E-state index contributed by atoms with van der Waals surface area (Å²) in [5.74, 6) is 1.16. The molecule has 0 aromatic heterocycles. The molecule has 0 aliphatic heterocycles. The van der Waals surface area contributed by atoms with Gasteiger partial charge < -0.3 is 18.9 Å². The van der Waals surface area contributed by atoms with E-state index in [-0.39, 0.29) is 13.2 Å². The first-order valence-corrected chi connectivity index (χ1v) is 8.15. The molecule has 0 atom stereocenters. The molecule has 0 saturated carbocycles. The van der Waals surface area contributed by atoms with Crippen molar-refractivity contribution in [2.75, 3.05) is 20.8 Å². The Labute approximate surface area is 153 Å². The van der Waals surface area contributed by atoms with Crippen molar-refractivity contribution in [3.05, 3.63) is 51.5 Å². The van der Waals surface area contributed by atoms with Crippen molar-refractivity contribution in [3.8, 4) is 17.2 Å². The molecule has 0 fully saturated rings. The van der Waals surface area contributed by atoms with Crippen LogP contribution in [0.25, 0.3) is 0 Å².